The molecule has 25 heavy (non-hydrogen) atoms. The number of fused-ring (bicyclic) bond motifs is 1. The van der Waals surface area contributed by atoms with Gasteiger partial charge >= 0.3 is 5.69 Å². The maximum Gasteiger partial charge on any atom is 0.330 e. The quantitative estimate of drug-likeness (QED) is 0.701. The second kappa shape index (κ2) is 6.52. The number of aromatic amines is 1. The fourth-order valence-electron chi connectivity index (χ4n) is 2.84. The molecule has 9 nitrogen and oxygen atoms in total. The van der Waals surface area contributed by atoms with Gasteiger partial charge < -0.3 is 14.5 Å². The molecule has 0 aromatic carbocycles. The normalized spacial score (nSPS) is 17.2. The molecule has 0 radical (unpaired) electrons. The molecule has 0 aliphatic carbocycles. The Labute approximate surface area is 141 Å². The average Bonchev–Trinajstić information content (AvgIpc) is 3.30. The van der Waals surface area contributed by atoms with E-state index in [9.17, 15) is 9.59 Å². The first kappa shape index (κ1) is 15.6. The molecule has 1 aliphatic rings. The van der Waals surface area contributed by atoms with E-state index in [0.717, 1.165) is 24.0 Å². The molecule has 9 heteroatoms. The Morgan fingerprint density at radius 2 is 2.32 bits per heavy atom. The van der Waals surface area contributed by atoms with Crippen molar-refractivity contribution in [2.24, 2.45) is 0 Å². The lowest BCUT2D eigenvalue weighted by Crippen LogP contribution is -2.35. The van der Waals surface area contributed by atoms with E-state index in [1.165, 1.54) is 12.5 Å². The molecule has 1 atom stereocenters. The third-order valence-electron chi connectivity index (χ3n) is 4.14. The molecule has 4 rings (SSSR count). The zero-order valence-electron chi connectivity index (χ0n) is 13.4. The van der Waals surface area contributed by atoms with E-state index in [2.05, 4.69) is 20.3 Å². The van der Waals surface area contributed by atoms with E-state index >= 15 is 0 Å². The third-order valence-corrected chi connectivity index (χ3v) is 4.14. The fraction of sp³-hybridized carbons (Fsp3) is 0.375. The zero-order chi connectivity index (χ0) is 17.2. The molecule has 130 valence electrons. The fourth-order valence-corrected chi connectivity index (χ4v) is 2.84. The summed E-state index contributed by atoms with van der Waals surface area (Å²) in [7, 11) is 0. The van der Waals surface area contributed by atoms with Crippen LogP contribution in [0.15, 0.2) is 38.6 Å². The van der Waals surface area contributed by atoms with Gasteiger partial charge in [0.1, 0.15) is 11.1 Å². The number of anilines is 1. The molecule has 3 aromatic rings. The lowest BCUT2D eigenvalue weighted by molar-refractivity contribution is 0.120. The van der Waals surface area contributed by atoms with Crippen molar-refractivity contribution in [1.82, 2.24) is 19.5 Å². The summed E-state index contributed by atoms with van der Waals surface area (Å²) in [6.07, 6.45) is 5.09. The van der Waals surface area contributed by atoms with Crippen LogP contribution >= 0.6 is 0 Å². The topological polar surface area (TPSA) is 115 Å². The predicted molar refractivity (Wildman–Crippen MR) is 89.7 cm³/mol. The minimum absolute atomic E-state index is 0.0517. The van der Waals surface area contributed by atoms with E-state index in [4.69, 9.17) is 9.15 Å². The molecular weight excluding hydrogens is 326 g/mol. The highest BCUT2D eigenvalue weighted by Crippen LogP contribution is 2.12. The van der Waals surface area contributed by atoms with Crippen LogP contribution in [-0.2, 0) is 11.3 Å². The van der Waals surface area contributed by atoms with Gasteiger partial charge in [-0.3, -0.25) is 14.3 Å². The second-order valence-electron chi connectivity index (χ2n) is 5.87. The van der Waals surface area contributed by atoms with Crippen molar-refractivity contribution in [2.75, 3.05) is 18.5 Å². The van der Waals surface area contributed by atoms with Gasteiger partial charge in [-0.2, -0.15) is 4.98 Å². The Bertz CT molecular complexity index is 986. The standard InChI is InChI=1S/C16H17N5O4/c22-14-12-8-18-15(17-7-10-3-1-5-24-10)19-13(12)20-16(23)21(14)9-11-4-2-6-25-11/h2,4,6,8,10H,1,3,5,7,9H2,(H2,17,18,19,20,23). The Kier molecular flexibility index (Phi) is 4.06. The van der Waals surface area contributed by atoms with Crippen molar-refractivity contribution in [2.45, 2.75) is 25.5 Å². The molecule has 3 aromatic heterocycles. The molecule has 0 spiro atoms. The number of hydrogen-bond acceptors (Lipinski definition) is 7. The average molecular weight is 343 g/mol. The minimum Gasteiger partial charge on any atom is -0.467 e. The molecular formula is C16H17N5O4. The molecule has 1 aliphatic heterocycles. The summed E-state index contributed by atoms with van der Waals surface area (Å²) < 4.78 is 11.8. The number of H-pyrrole nitrogens is 1. The summed E-state index contributed by atoms with van der Waals surface area (Å²) in [4.78, 5) is 35.8. The number of hydrogen-bond donors (Lipinski definition) is 2. The summed E-state index contributed by atoms with van der Waals surface area (Å²) in [5.74, 6) is 0.865. The van der Waals surface area contributed by atoms with Gasteiger partial charge in [-0.15, -0.1) is 0 Å². The van der Waals surface area contributed by atoms with Crippen LogP contribution < -0.4 is 16.6 Å². The highest BCUT2D eigenvalue weighted by molar-refractivity contribution is 5.73. The van der Waals surface area contributed by atoms with Crippen molar-refractivity contribution in [1.29, 1.82) is 0 Å². The second-order valence-corrected chi connectivity index (χ2v) is 5.87. The molecule has 1 saturated heterocycles. The van der Waals surface area contributed by atoms with Crippen LogP contribution in [0, 0.1) is 0 Å². The van der Waals surface area contributed by atoms with Crippen molar-refractivity contribution in [3.05, 3.63) is 51.2 Å². The van der Waals surface area contributed by atoms with Gasteiger partial charge in [0.05, 0.1) is 18.9 Å². The first-order valence-electron chi connectivity index (χ1n) is 8.08. The smallest absolute Gasteiger partial charge is 0.330 e. The Morgan fingerprint density at radius 1 is 1.40 bits per heavy atom. The summed E-state index contributed by atoms with van der Waals surface area (Å²) >= 11 is 0. The van der Waals surface area contributed by atoms with Crippen LogP contribution in [0.1, 0.15) is 18.6 Å². The summed E-state index contributed by atoms with van der Waals surface area (Å²) in [5, 5.41) is 3.32. The highest BCUT2D eigenvalue weighted by atomic mass is 16.5. The van der Waals surface area contributed by atoms with Gasteiger partial charge in [0.25, 0.3) is 5.56 Å². The van der Waals surface area contributed by atoms with Crippen LogP contribution in [0.5, 0.6) is 0 Å². The van der Waals surface area contributed by atoms with E-state index in [-0.39, 0.29) is 23.7 Å². The van der Waals surface area contributed by atoms with E-state index in [0.29, 0.717) is 18.3 Å². The van der Waals surface area contributed by atoms with Crippen LogP contribution in [0.4, 0.5) is 5.95 Å². The number of furan rings is 1. The molecule has 0 saturated carbocycles. The Balaban J connectivity index is 1.62. The van der Waals surface area contributed by atoms with E-state index < -0.39 is 11.2 Å². The monoisotopic (exact) mass is 343 g/mol. The Hall–Kier alpha value is -2.94. The number of nitrogens with zero attached hydrogens (tertiary/aromatic N) is 3. The number of aromatic nitrogens is 4. The van der Waals surface area contributed by atoms with Gasteiger partial charge in [-0.05, 0) is 25.0 Å². The van der Waals surface area contributed by atoms with Gasteiger partial charge in [0.15, 0.2) is 5.65 Å². The first-order valence-corrected chi connectivity index (χ1v) is 8.08. The third kappa shape index (κ3) is 3.18. The van der Waals surface area contributed by atoms with Crippen molar-refractivity contribution < 1.29 is 9.15 Å². The number of ether oxygens (including phenoxy) is 1. The van der Waals surface area contributed by atoms with Crippen molar-refractivity contribution >= 4 is 17.0 Å². The van der Waals surface area contributed by atoms with Gasteiger partial charge in [0, 0.05) is 19.3 Å². The largest absolute Gasteiger partial charge is 0.467 e. The summed E-state index contributed by atoms with van der Waals surface area (Å²) in [6.45, 7) is 1.41. The molecule has 4 heterocycles. The Morgan fingerprint density at radius 3 is 3.08 bits per heavy atom. The SMILES string of the molecule is O=c1[nH]c2nc(NCC3CCCO3)ncc2c(=O)n1Cc1ccco1. The molecule has 2 N–H and O–H groups in total. The number of rotatable bonds is 5. The minimum atomic E-state index is -0.544. The van der Waals surface area contributed by atoms with Gasteiger partial charge in [0.2, 0.25) is 5.95 Å². The number of nitrogens with one attached hydrogen (secondary N) is 2. The lowest BCUT2D eigenvalue weighted by Gasteiger charge is -2.11. The van der Waals surface area contributed by atoms with Crippen LogP contribution in [0.3, 0.4) is 0 Å². The molecule has 1 fully saturated rings. The summed E-state index contributed by atoms with van der Waals surface area (Å²) in [6, 6.07) is 3.40. The highest BCUT2D eigenvalue weighted by Gasteiger charge is 2.16. The van der Waals surface area contributed by atoms with E-state index in [1.807, 2.05) is 0 Å². The van der Waals surface area contributed by atoms with Crippen molar-refractivity contribution in [3.63, 3.8) is 0 Å². The molecule has 0 amide bonds. The summed E-state index contributed by atoms with van der Waals surface area (Å²) in [5.41, 5.74) is -0.797. The lowest BCUT2D eigenvalue weighted by atomic mass is 10.2. The van der Waals surface area contributed by atoms with Crippen LogP contribution in [-0.4, -0.2) is 38.8 Å². The maximum absolute atomic E-state index is 12.5. The molecule has 0 bridgehead atoms. The van der Waals surface area contributed by atoms with Crippen LogP contribution in [0.25, 0.3) is 11.0 Å². The van der Waals surface area contributed by atoms with Crippen molar-refractivity contribution in [3.8, 4) is 0 Å². The molecule has 1 unspecified atom stereocenters. The van der Waals surface area contributed by atoms with Gasteiger partial charge in [-0.25, -0.2) is 9.78 Å². The first-order chi connectivity index (χ1) is 12.2. The zero-order valence-corrected chi connectivity index (χ0v) is 13.4. The van der Waals surface area contributed by atoms with Gasteiger partial charge in [-0.1, -0.05) is 0 Å². The van der Waals surface area contributed by atoms with Crippen LogP contribution in [0.2, 0.25) is 0 Å². The predicted octanol–water partition coefficient (Wildman–Crippen LogP) is 0.712. The van der Waals surface area contributed by atoms with E-state index in [1.54, 1.807) is 12.1 Å². The maximum atomic E-state index is 12.5.